The maximum absolute atomic E-state index is 12.4. The van der Waals surface area contributed by atoms with Gasteiger partial charge in [0, 0.05) is 13.2 Å². The van der Waals surface area contributed by atoms with E-state index in [-0.39, 0.29) is 22.6 Å². The van der Waals surface area contributed by atoms with Crippen LogP contribution in [0.1, 0.15) is 31.2 Å². The molecule has 0 aromatic heterocycles. The summed E-state index contributed by atoms with van der Waals surface area (Å²) in [7, 11) is -2.10. The van der Waals surface area contributed by atoms with Crippen LogP contribution in [0.25, 0.3) is 0 Å². The molecule has 6 heteroatoms. The summed E-state index contributed by atoms with van der Waals surface area (Å²) in [5.41, 5.74) is 0.157. The zero-order valence-electron chi connectivity index (χ0n) is 11.4. The number of nitrogens with one attached hydrogen (secondary N) is 1. The first-order valence-electron chi connectivity index (χ1n) is 6.62. The molecule has 0 saturated heterocycles. The lowest BCUT2D eigenvalue weighted by Gasteiger charge is -2.30. The summed E-state index contributed by atoms with van der Waals surface area (Å²) in [6.45, 7) is 0. The summed E-state index contributed by atoms with van der Waals surface area (Å²) in [6, 6.07) is 7.90. The first-order valence-corrected chi connectivity index (χ1v) is 8.11. The smallest absolute Gasteiger partial charge is 0.242 e. The Morgan fingerprint density at radius 3 is 2.70 bits per heavy atom. The first-order chi connectivity index (χ1) is 9.58. The zero-order chi connectivity index (χ0) is 14.6. The van der Waals surface area contributed by atoms with Crippen LogP contribution in [0.5, 0.6) is 0 Å². The summed E-state index contributed by atoms with van der Waals surface area (Å²) in [5.74, 6) is 0. The van der Waals surface area contributed by atoms with Gasteiger partial charge in [0.15, 0.2) is 0 Å². The summed E-state index contributed by atoms with van der Waals surface area (Å²) in [6.07, 6.45) is 3.53. The van der Waals surface area contributed by atoms with Gasteiger partial charge in [0.1, 0.15) is 6.07 Å². The van der Waals surface area contributed by atoms with Crippen molar-refractivity contribution in [3.05, 3.63) is 29.8 Å². The van der Waals surface area contributed by atoms with Crippen molar-refractivity contribution in [1.82, 2.24) is 4.72 Å². The van der Waals surface area contributed by atoms with Crippen molar-refractivity contribution in [3.63, 3.8) is 0 Å². The van der Waals surface area contributed by atoms with Gasteiger partial charge < -0.3 is 4.74 Å². The molecule has 2 rings (SSSR count). The third-order valence-electron chi connectivity index (χ3n) is 3.61. The fourth-order valence-corrected chi connectivity index (χ4v) is 4.03. The van der Waals surface area contributed by atoms with E-state index in [4.69, 9.17) is 10.00 Å². The lowest BCUT2D eigenvalue weighted by atomic mass is 9.93. The highest BCUT2D eigenvalue weighted by molar-refractivity contribution is 7.89. The van der Waals surface area contributed by atoms with E-state index in [0.29, 0.717) is 0 Å². The van der Waals surface area contributed by atoms with Gasteiger partial charge in [0.2, 0.25) is 10.0 Å². The normalized spacial score (nSPS) is 23.2. The number of hydrogen-bond donors (Lipinski definition) is 1. The number of nitriles is 1. The van der Waals surface area contributed by atoms with Gasteiger partial charge in [-0.2, -0.15) is 5.26 Å². The van der Waals surface area contributed by atoms with Crippen LogP contribution in [-0.4, -0.2) is 27.7 Å². The van der Waals surface area contributed by atoms with E-state index in [1.54, 1.807) is 19.2 Å². The number of nitrogens with zero attached hydrogens (tertiary/aromatic N) is 1. The van der Waals surface area contributed by atoms with Crippen LogP contribution in [-0.2, 0) is 14.8 Å². The van der Waals surface area contributed by atoms with Gasteiger partial charge in [-0.3, -0.25) is 0 Å². The van der Waals surface area contributed by atoms with Gasteiger partial charge in [-0.25, -0.2) is 13.1 Å². The van der Waals surface area contributed by atoms with E-state index in [2.05, 4.69) is 4.72 Å². The first kappa shape index (κ1) is 15.0. The summed E-state index contributed by atoms with van der Waals surface area (Å²) < 4.78 is 32.9. The van der Waals surface area contributed by atoms with Gasteiger partial charge in [0.25, 0.3) is 0 Å². The van der Waals surface area contributed by atoms with Crippen molar-refractivity contribution >= 4 is 10.0 Å². The molecule has 0 heterocycles. The predicted octanol–water partition coefficient (Wildman–Crippen LogP) is 1.79. The fraction of sp³-hybridized carbons (Fsp3) is 0.500. The lowest BCUT2D eigenvalue weighted by molar-refractivity contribution is 0.0493. The molecular weight excluding hydrogens is 276 g/mol. The van der Waals surface area contributed by atoms with Gasteiger partial charge in [-0.1, -0.05) is 25.0 Å². The highest BCUT2D eigenvalue weighted by atomic mass is 32.2. The lowest BCUT2D eigenvalue weighted by Crippen LogP contribution is -2.45. The Kier molecular flexibility index (Phi) is 4.76. The van der Waals surface area contributed by atoms with Crippen LogP contribution >= 0.6 is 0 Å². The van der Waals surface area contributed by atoms with E-state index in [1.807, 2.05) is 6.07 Å². The second-order valence-electron chi connectivity index (χ2n) is 4.89. The molecule has 1 fully saturated rings. The molecule has 1 saturated carbocycles. The number of hydrogen-bond acceptors (Lipinski definition) is 4. The van der Waals surface area contributed by atoms with Gasteiger partial charge in [-0.05, 0) is 25.0 Å². The molecule has 1 aromatic carbocycles. The molecule has 0 bridgehead atoms. The molecule has 0 amide bonds. The number of sulfonamides is 1. The molecular formula is C14H18N2O3S. The van der Waals surface area contributed by atoms with Crippen molar-refractivity contribution in [1.29, 1.82) is 5.26 Å². The predicted molar refractivity (Wildman–Crippen MR) is 74.5 cm³/mol. The highest BCUT2D eigenvalue weighted by Gasteiger charge is 2.30. The quantitative estimate of drug-likeness (QED) is 0.918. The Hall–Kier alpha value is -1.42. The average molecular weight is 294 g/mol. The molecule has 20 heavy (non-hydrogen) atoms. The largest absolute Gasteiger partial charge is 0.380 e. The maximum Gasteiger partial charge on any atom is 0.242 e. The minimum atomic E-state index is -3.70. The van der Waals surface area contributed by atoms with Crippen LogP contribution in [0.3, 0.4) is 0 Å². The van der Waals surface area contributed by atoms with E-state index in [1.165, 1.54) is 12.1 Å². The van der Waals surface area contributed by atoms with E-state index >= 15 is 0 Å². The minimum Gasteiger partial charge on any atom is -0.380 e. The van der Waals surface area contributed by atoms with Crippen LogP contribution in [0, 0.1) is 11.3 Å². The number of benzene rings is 1. The number of methoxy groups -OCH3 is 1. The van der Waals surface area contributed by atoms with Crippen molar-refractivity contribution < 1.29 is 13.2 Å². The molecule has 0 spiro atoms. The average Bonchev–Trinajstić information content (AvgIpc) is 2.47. The Balaban J connectivity index is 2.25. The Morgan fingerprint density at radius 2 is 2.00 bits per heavy atom. The standard InChI is InChI=1S/C14H18N2O3S/c1-19-13-8-4-3-7-12(13)16-20(17,18)14-9-5-2-6-11(14)10-15/h2,5-6,9,12-13,16H,3-4,7-8H2,1H3/t12-,13-/m0/s1. The molecule has 2 atom stereocenters. The molecule has 1 aliphatic carbocycles. The molecule has 1 aliphatic rings. The molecule has 5 nitrogen and oxygen atoms in total. The zero-order valence-corrected chi connectivity index (χ0v) is 12.2. The summed E-state index contributed by atoms with van der Waals surface area (Å²) in [4.78, 5) is 0.0305. The molecule has 0 radical (unpaired) electrons. The second kappa shape index (κ2) is 6.35. The maximum atomic E-state index is 12.4. The van der Waals surface area contributed by atoms with Crippen LogP contribution in [0.2, 0.25) is 0 Å². The van der Waals surface area contributed by atoms with Gasteiger partial charge >= 0.3 is 0 Å². The SMILES string of the molecule is CO[C@H]1CCCC[C@@H]1NS(=O)(=O)c1ccccc1C#N. The van der Waals surface area contributed by atoms with E-state index in [9.17, 15) is 8.42 Å². The fourth-order valence-electron chi connectivity index (χ4n) is 2.57. The van der Waals surface area contributed by atoms with E-state index in [0.717, 1.165) is 25.7 Å². The third kappa shape index (κ3) is 3.18. The van der Waals surface area contributed by atoms with Gasteiger partial charge in [0.05, 0.1) is 16.6 Å². The highest BCUT2D eigenvalue weighted by Crippen LogP contribution is 2.23. The van der Waals surface area contributed by atoms with Crippen molar-refractivity contribution in [3.8, 4) is 6.07 Å². The summed E-state index contributed by atoms with van der Waals surface area (Å²) >= 11 is 0. The Bertz CT molecular complexity index is 607. The minimum absolute atomic E-state index is 0.0305. The molecule has 1 N–H and O–H groups in total. The Morgan fingerprint density at radius 1 is 1.30 bits per heavy atom. The monoisotopic (exact) mass is 294 g/mol. The third-order valence-corrected chi connectivity index (χ3v) is 5.16. The summed E-state index contributed by atoms with van der Waals surface area (Å²) in [5, 5.41) is 9.02. The molecule has 108 valence electrons. The molecule has 0 aliphatic heterocycles. The number of ether oxygens (including phenoxy) is 1. The van der Waals surface area contributed by atoms with Crippen LogP contribution < -0.4 is 4.72 Å². The van der Waals surface area contributed by atoms with Crippen molar-refractivity contribution in [2.24, 2.45) is 0 Å². The number of rotatable bonds is 4. The topological polar surface area (TPSA) is 79.2 Å². The molecule has 1 aromatic rings. The van der Waals surface area contributed by atoms with Crippen LogP contribution in [0.4, 0.5) is 0 Å². The van der Waals surface area contributed by atoms with Crippen molar-refractivity contribution in [2.75, 3.05) is 7.11 Å². The second-order valence-corrected chi connectivity index (χ2v) is 6.58. The van der Waals surface area contributed by atoms with Crippen LogP contribution in [0.15, 0.2) is 29.2 Å². The van der Waals surface area contributed by atoms with Gasteiger partial charge in [-0.15, -0.1) is 0 Å². The molecule has 0 unspecified atom stereocenters. The Labute approximate surface area is 119 Å². The van der Waals surface area contributed by atoms with Crippen molar-refractivity contribution in [2.45, 2.75) is 42.7 Å². The van der Waals surface area contributed by atoms with E-state index < -0.39 is 10.0 Å².